The molecule has 0 aliphatic rings. The van der Waals surface area contributed by atoms with Gasteiger partial charge in [0.1, 0.15) is 0 Å². The third-order valence-electron chi connectivity index (χ3n) is 0.493. The minimum Gasteiger partial charge on any atom is -0.0625 e. The van der Waals surface area contributed by atoms with Crippen LogP contribution in [0.25, 0.3) is 0 Å². The predicted octanol–water partition coefficient (Wildman–Crippen LogP) is 1.68. The van der Waals surface area contributed by atoms with Crippen molar-refractivity contribution in [2.45, 2.75) is 13.3 Å². The zero-order chi connectivity index (χ0) is 4.28. The van der Waals surface area contributed by atoms with Crippen molar-refractivity contribution in [3.8, 4) is 0 Å². The van der Waals surface area contributed by atoms with Crippen LogP contribution >= 0.6 is 0 Å². The molecule has 0 bridgehead atoms. The Balaban J connectivity index is 2.54. The van der Waals surface area contributed by atoms with Crippen molar-refractivity contribution in [3.63, 3.8) is 0 Å². The van der Waals surface area contributed by atoms with E-state index in [9.17, 15) is 0 Å². The number of hydrogen-bond acceptors (Lipinski definition) is 0. The molecular formula is C5H10. The van der Waals surface area contributed by atoms with Gasteiger partial charge in [-0.2, -0.15) is 0 Å². The molecule has 0 saturated carbocycles. The summed E-state index contributed by atoms with van der Waals surface area (Å²) in [5, 5.41) is 0. The maximum Gasteiger partial charge on any atom is -0.0443 e. The zero-order valence-corrected chi connectivity index (χ0v) is 3.70. The van der Waals surface area contributed by atoms with E-state index in [1.54, 1.807) is 0 Å². The van der Waals surface area contributed by atoms with Gasteiger partial charge in [-0.1, -0.05) is 27.2 Å². The van der Waals surface area contributed by atoms with Crippen molar-refractivity contribution in [1.29, 1.82) is 0 Å². The highest BCUT2D eigenvalue weighted by Gasteiger charge is 1.80. The Bertz CT molecular complexity index is 14.0. The molecule has 0 aliphatic heterocycles. The van der Waals surface area contributed by atoms with Crippen LogP contribution < -0.4 is 0 Å². The third-order valence-corrected chi connectivity index (χ3v) is 0.493. The van der Waals surface area contributed by atoms with E-state index in [0.717, 1.165) is 6.42 Å². The van der Waals surface area contributed by atoms with Gasteiger partial charge in [0.05, 0.1) is 0 Å². The molecule has 0 nitrogen and oxygen atoms in total. The Morgan fingerprint density at radius 2 is 2.00 bits per heavy atom. The lowest BCUT2D eigenvalue weighted by atomic mass is 10.2. The second-order valence-corrected chi connectivity index (χ2v) is 1.39. The largest absolute Gasteiger partial charge is 0.0625 e. The van der Waals surface area contributed by atoms with Crippen LogP contribution in [0.15, 0.2) is 0 Å². The smallest absolute Gasteiger partial charge is 0.0443 e. The summed E-state index contributed by atoms with van der Waals surface area (Å²) in [5.41, 5.74) is 0. The number of rotatable bonds is 1. The Morgan fingerprint density at radius 1 is 1.80 bits per heavy atom. The fourth-order valence-electron chi connectivity index (χ4n) is 0. The Morgan fingerprint density at radius 3 is 2.00 bits per heavy atom. The maximum absolute atomic E-state index is 3.69. The van der Waals surface area contributed by atoms with Crippen LogP contribution in [0, 0.1) is 19.8 Å². The van der Waals surface area contributed by atoms with Crippen molar-refractivity contribution in [2.75, 3.05) is 0 Å². The highest BCUT2D eigenvalue weighted by atomic mass is 13.9. The molecule has 0 aromatic rings. The molecule has 0 aromatic heterocycles. The molecule has 0 spiro atoms. The highest BCUT2D eigenvalue weighted by molar-refractivity contribution is 4.52. The molecule has 0 aliphatic carbocycles. The molecule has 5 heavy (non-hydrogen) atoms. The van der Waals surface area contributed by atoms with E-state index in [2.05, 4.69) is 13.8 Å². The van der Waals surface area contributed by atoms with Gasteiger partial charge in [0.2, 0.25) is 0 Å². The van der Waals surface area contributed by atoms with Crippen molar-refractivity contribution in [2.24, 2.45) is 5.92 Å². The quantitative estimate of drug-likeness (QED) is 0.440. The minimum absolute atomic E-state index is 0.523. The first-order valence-corrected chi connectivity index (χ1v) is 1.89. The molecule has 0 fully saturated rings. The van der Waals surface area contributed by atoms with Crippen LogP contribution in [-0.2, 0) is 0 Å². The second kappa shape index (κ2) is 2.25. The second-order valence-electron chi connectivity index (χ2n) is 1.39. The first-order valence-electron chi connectivity index (χ1n) is 1.89. The molecule has 0 heterocycles. The maximum atomic E-state index is 3.69. The van der Waals surface area contributed by atoms with Gasteiger partial charge in [-0.05, 0) is 5.92 Å². The first kappa shape index (κ1) is 5.00. The first-order chi connectivity index (χ1) is 2.27. The summed E-state index contributed by atoms with van der Waals surface area (Å²) in [6, 6.07) is 0. The van der Waals surface area contributed by atoms with E-state index < -0.39 is 0 Å². The molecule has 0 amide bonds. The standard InChI is InChI=1S/C5H10/c1-4-5(2)3/h5H,1-2,4H2,3H3/t5-/m0/s1. The average molecular weight is 70.1 g/mol. The molecule has 2 radical (unpaired) electrons. The zero-order valence-electron chi connectivity index (χ0n) is 3.70. The van der Waals surface area contributed by atoms with Crippen molar-refractivity contribution >= 4 is 0 Å². The van der Waals surface area contributed by atoms with Gasteiger partial charge >= 0.3 is 0 Å². The molecule has 0 unspecified atom stereocenters. The molecule has 30 valence electrons. The summed E-state index contributed by atoms with van der Waals surface area (Å²) in [4.78, 5) is 0. The Kier molecular flexibility index (Phi) is 2.25. The molecule has 0 saturated heterocycles. The van der Waals surface area contributed by atoms with E-state index in [4.69, 9.17) is 0 Å². The minimum atomic E-state index is 0.523. The third kappa shape index (κ3) is 4.00. The van der Waals surface area contributed by atoms with Crippen LogP contribution in [0.3, 0.4) is 0 Å². The van der Waals surface area contributed by atoms with Gasteiger partial charge in [-0.3, -0.25) is 0 Å². The lowest BCUT2D eigenvalue weighted by Crippen LogP contribution is -1.78. The summed E-state index contributed by atoms with van der Waals surface area (Å²) in [5.74, 6) is 0.523. The van der Waals surface area contributed by atoms with E-state index >= 15 is 0 Å². The van der Waals surface area contributed by atoms with E-state index in [1.807, 2.05) is 6.92 Å². The van der Waals surface area contributed by atoms with Gasteiger partial charge < -0.3 is 0 Å². The van der Waals surface area contributed by atoms with Crippen LogP contribution in [0.5, 0.6) is 0 Å². The molecule has 0 rings (SSSR count). The topological polar surface area (TPSA) is 0 Å². The fraction of sp³-hybridized carbons (Fsp3) is 0.600. The lowest BCUT2D eigenvalue weighted by Gasteiger charge is -1.90. The van der Waals surface area contributed by atoms with Crippen LogP contribution in [0.1, 0.15) is 13.3 Å². The summed E-state index contributed by atoms with van der Waals surface area (Å²) < 4.78 is 0. The van der Waals surface area contributed by atoms with Gasteiger partial charge in [-0.25, -0.2) is 0 Å². The van der Waals surface area contributed by atoms with Gasteiger partial charge in [-0.15, -0.1) is 0 Å². The average Bonchev–Trinajstić information content (AvgIpc) is 1.38. The summed E-state index contributed by atoms with van der Waals surface area (Å²) in [7, 11) is 0. The van der Waals surface area contributed by atoms with Crippen LogP contribution in [0.2, 0.25) is 0 Å². The van der Waals surface area contributed by atoms with Gasteiger partial charge in [0, 0.05) is 0 Å². The molecular weight excluding hydrogens is 60.1 g/mol. The molecule has 0 N–H and O–H groups in total. The molecule has 0 aromatic carbocycles. The monoisotopic (exact) mass is 70.1 g/mol. The van der Waals surface area contributed by atoms with Crippen molar-refractivity contribution in [3.05, 3.63) is 13.8 Å². The lowest BCUT2D eigenvalue weighted by molar-refractivity contribution is 0.737. The SMILES string of the molecule is [CH2]C[C@@H]([CH2])C. The van der Waals surface area contributed by atoms with E-state index in [0.29, 0.717) is 5.92 Å². The molecule has 0 heteroatoms. The summed E-state index contributed by atoms with van der Waals surface area (Å²) in [6.45, 7) is 9.37. The van der Waals surface area contributed by atoms with E-state index in [1.165, 1.54) is 0 Å². The molecule has 1 atom stereocenters. The van der Waals surface area contributed by atoms with Crippen molar-refractivity contribution in [1.82, 2.24) is 0 Å². The van der Waals surface area contributed by atoms with Gasteiger partial charge in [0.15, 0.2) is 0 Å². The normalized spacial score (nSPS) is 9.60. The van der Waals surface area contributed by atoms with Gasteiger partial charge in [0.25, 0.3) is 0 Å². The van der Waals surface area contributed by atoms with Crippen molar-refractivity contribution < 1.29 is 0 Å². The summed E-state index contributed by atoms with van der Waals surface area (Å²) >= 11 is 0. The Hall–Kier alpha value is 0. The Labute approximate surface area is 34.2 Å². The number of hydrogen-bond donors (Lipinski definition) is 0. The predicted molar refractivity (Wildman–Crippen MR) is 24.5 cm³/mol. The summed E-state index contributed by atoms with van der Waals surface area (Å²) in [6.07, 6.45) is 0.944. The van der Waals surface area contributed by atoms with E-state index in [-0.39, 0.29) is 0 Å². The van der Waals surface area contributed by atoms with Crippen LogP contribution in [0.4, 0.5) is 0 Å². The van der Waals surface area contributed by atoms with Crippen LogP contribution in [-0.4, -0.2) is 0 Å². The highest BCUT2D eigenvalue weighted by Crippen LogP contribution is 1.92. The fourth-order valence-corrected chi connectivity index (χ4v) is 0.